The number of nitrogens with two attached hydrogens (primary N) is 1. The van der Waals surface area contributed by atoms with Gasteiger partial charge in [0.2, 0.25) is 5.89 Å². The molecular weight excluding hydrogens is 256 g/mol. The molecule has 4 rings (SSSR count). The zero-order chi connectivity index (χ0) is 12.8. The Kier molecular flexibility index (Phi) is 2.32. The Bertz CT molecular complexity index is 766. The Morgan fingerprint density at radius 2 is 2.05 bits per heavy atom. The number of nitrogens with zero attached hydrogens (tertiary/aromatic N) is 1. The second-order valence-electron chi connectivity index (χ2n) is 4.65. The lowest BCUT2D eigenvalue weighted by atomic mass is 10.0. The van der Waals surface area contributed by atoms with Gasteiger partial charge in [-0.25, -0.2) is 4.98 Å². The maximum atomic E-state index is 5.94. The number of nitrogen functional groups attached to an aromatic ring is 1. The first-order valence-corrected chi connectivity index (χ1v) is 7.18. The van der Waals surface area contributed by atoms with E-state index >= 15 is 0 Å². The van der Waals surface area contributed by atoms with Crippen molar-refractivity contribution >= 4 is 28.5 Å². The molecule has 0 amide bonds. The summed E-state index contributed by atoms with van der Waals surface area (Å²) in [6.45, 7) is 0. The largest absolute Gasteiger partial charge is 0.440 e. The molecule has 2 heterocycles. The van der Waals surface area contributed by atoms with Crippen LogP contribution >= 0.6 is 11.8 Å². The summed E-state index contributed by atoms with van der Waals surface area (Å²) in [6, 6.07) is 14.1. The fourth-order valence-electron chi connectivity index (χ4n) is 2.50. The number of para-hydroxylation sites is 1. The highest BCUT2D eigenvalue weighted by molar-refractivity contribution is 7.99. The molecule has 2 N–H and O–H groups in total. The van der Waals surface area contributed by atoms with E-state index in [1.165, 1.54) is 10.5 Å². The van der Waals surface area contributed by atoms with Gasteiger partial charge in [0.05, 0.1) is 11.6 Å². The molecule has 94 valence electrons. The summed E-state index contributed by atoms with van der Waals surface area (Å²) in [7, 11) is 0. The molecule has 0 saturated carbocycles. The molecule has 0 radical (unpaired) electrons. The van der Waals surface area contributed by atoms with E-state index in [2.05, 4.69) is 29.2 Å². The molecule has 3 aromatic rings. The second kappa shape index (κ2) is 4.03. The van der Waals surface area contributed by atoms with Gasteiger partial charge in [-0.3, -0.25) is 0 Å². The third kappa shape index (κ3) is 1.64. The van der Waals surface area contributed by atoms with Crippen molar-refractivity contribution in [2.24, 2.45) is 0 Å². The summed E-state index contributed by atoms with van der Waals surface area (Å²) in [5.41, 5.74) is 9.45. The van der Waals surface area contributed by atoms with E-state index in [-0.39, 0.29) is 5.92 Å². The van der Waals surface area contributed by atoms with E-state index in [9.17, 15) is 0 Å². The van der Waals surface area contributed by atoms with Crippen LogP contribution in [-0.2, 0) is 0 Å². The van der Waals surface area contributed by atoms with Gasteiger partial charge in [-0.2, -0.15) is 0 Å². The van der Waals surface area contributed by atoms with Crippen molar-refractivity contribution in [3.05, 3.63) is 53.9 Å². The van der Waals surface area contributed by atoms with Crippen molar-refractivity contribution in [3.8, 4) is 0 Å². The molecule has 0 saturated heterocycles. The number of thioether (sulfide) groups is 1. The number of hydrogen-bond donors (Lipinski definition) is 1. The number of aromatic nitrogens is 1. The lowest BCUT2D eigenvalue weighted by Gasteiger charge is -2.04. The van der Waals surface area contributed by atoms with Crippen LogP contribution in [-0.4, -0.2) is 10.7 Å². The second-order valence-corrected chi connectivity index (χ2v) is 5.71. The molecule has 0 bridgehead atoms. The van der Waals surface area contributed by atoms with Gasteiger partial charge >= 0.3 is 0 Å². The summed E-state index contributed by atoms with van der Waals surface area (Å²) in [4.78, 5) is 5.91. The van der Waals surface area contributed by atoms with E-state index in [1.54, 1.807) is 0 Å². The van der Waals surface area contributed by atoms with E-state index < -0.39 is 0 Å². The molecule has 0 aliphatic carbocycles. The van der Waals surface area contributed by atoms with Gasteiger partial charge in [-0.1, -0.05) is 24.3 Å². The summed E-state index contributed by atoms with van der Waals surface area (Å²) in [5.74, 6) is 1.98. The van der Waals surface area contributed by atoms with Crippen molar-refractivity contribution in [2.45, 2.75) is 10.8 Å². The number of anilines is 1. The summed E-state index contributed by atoms with van der Waals surface area (Å²) in [6.07, 6.45) is 0. The molecule has 0 fully saturated rings. The van der Waals surface area contributed by atoms with E-state index in [0.717, 1.165) is 22.7 Å². The van der Waals surface area contributed by atoms with Crippen LogP contribution in [0.25, 0.3) is 11.1 Å². The molecule has 1 unspecified atom stereocenters. The van der Waals surface area contributed by atoms with Crippen LogP contribution in [0.2, 0.25) is 0 Å². The van der Waals surface area contributed by atoms with E-state index in [1.807, 2.05) is 30.0 Å². The van der Waals surface area contributed by atoms with Gasteiger partial charge < -0.3 is 10.2 Å². The van der Waals surface area contributed by atoms with Crippen LogP contribution in [0, 0.1) is 0 Å². The topological polar surface area (TPSA) is 52.0 Å². The number of oxazole rings is 1. The lowest BCUT2D eigenvalue weighted by Crippen LogP contribution is -1.99. The number of hydrogen-bond acceptors (Lipinski definition) is 4. The van der Waals surface area contributed by atoms with Gasteiger partial charge in [0, 0.05) is 10.6 Å². The fraction of sp³-hybridized carbons (Fsp3) is 0.133. The van der Waals surface area contributed by atoms with Crippen LogP contribution in [0.4, 0.5) is 5.69 Å². The van der Waals surface area contributed by atoms with Crippen molar-refractivity contribution in [1.29, 1.82) is 0 Å². The third-order valence-electron chi connectivity index (χ3n) is 3.46. The molecule has 1 atom stereocenters. The molecule has 1 aliphatic heterocycles. The highest BCUT2D eigenvalue weighted by Crippen LogP contribution is 2.43. The summed E-state index contributed by atoms with van der Waals surface area (Å²) < 4.78 is 5.89. The van der Waals surface area contributed by atoms with Crippen LogP contribution in [0.5, 0.6) is 0 Å². The lowest BCUT2D eigenvalue weighted by molar-refractivity contribution is 0.515. The molecule has 4 heteroatoms. The number of fused-ring (bicyclic) bond motifs is 2. The van der Waals surface area contributed by atoms with Crippen molar-refractivity contribution in [2.75, 3.05) is 11.5 Å². The Morgan fingerprint density at radius 3 is 2.95 bits per heavy atom. The Hall–Kier alpha value is -1.94. The molecular formula is C15H12N2OS. The highest BCUT2D eigenvalue weighted by Gasteiger charge is 2.28. The monoisotopic (exact) mass is 268 g/mol. The smallest absolute Gasteiger partial charge is 0.203 e. The Morgan fingerprint density at radius 1 is 1.16 bits per heavy atom. The number of rotatable bonds is 1. The van der Waals surface area contributed by atoms with Crippen LogP contribution in [0.15, 0.2) is 51.8 Å². The zero-order valence-electron chi connectivity index (χ0n) is 10.2. The summed E-state index contributed by atoms with van der Waals surface area (Å²) >= 11 is 1.85. The van der Waals surface area contributed by atoms with Crippen molar-refractivity contribution < 1.29 is 4.42 Å². The van der Waals surface area contributed by atoms with Crippen molar-refractivity contribution in [3.63, 3.8) is 0 Å². The number of benzene rings is 2. The fourth-order valence-corrected chi connectivity index (χ4v) is 3.72. The minimum Gasteiger partial charge on any atom is -0.440 e. The van der Waals surface area contributed by atoms with Crippen LogP contribution in [0.3, 0.4) is 0 Å². The predicted molar refractivity (Wildman–Crippen MR) is 77.4 cm³/mol. The molecule has 3 nitrogen and oxygen atoms in total. The quantitative estimate of drug-likeness (QED) is 0.684. The Labute approximate surface area is 114 Å². The normalized spacial score (nSPS) is 17.8. The van der Waals surface area contributed by atoms with Gasteiger partial charge in [-0.15, -0.1) is 11.8 Å². The first-order chi connectivity index (χ1) is 9.33. The van der Waals surface area contributed by atoms with Crippen molar-refractivity contribution in [1.82, 2.24) is 4.98 Å². The zero-order valence-corrected chi connectivity index (χ0v) is 11.0. The average molecular weight is 268 g/mol. The van der Waals surface area contributed by atoms with E-state index in [4.69, 9.17) is 10.2 Å². The maximum absolute atomic E-state index is 5.94. The Balaban J connectivity index is 1.86. The molecule has 19 heavy (non-hydrogen) atoms. The first kappa shape index (κ1) is 10.9. The SMILES string of the molecule is Nc1cccc2oc(C3CSc4ccccc43)nc12. The van der Waals surface area contributed by atoms with Crippen LogP contribution in [0.1, 0.15) is 17.4 Å². The first-order valence-electron chi connectivity index (χ1n) is 6.19. The molecule has 1 aliphatic rings. The standard InChI is InChI=1S/C15H12N2OS/c16-11-5-3-6-12-14(11)17-15(18-12)10-8-19-13-7-2-1-4-9(10)13/h1-7,10H,8,16H2. The van der Waals surface area contributed by atoms with Gasteiger partial charge in [0.1, 0.15) is 5.52 Å². The molecule has 1 aromatic heterocycles. The van der Waals surface area contributed by atoms with Gasteiger partial charge in [-0.05, 0) is 23.8 Å². The minimum absolute atomic E-state index is 0.230. The van der Waals surface area contributed by atoms with Crippen LogP contribution < -0.4 is 5.73 Å². The molecule has 2 aromatic carbocycles. The third-order valence-corrected chi connectivity index (χ3v) is 4.65. The highest BCUT2D eigenvalue weighted by atomic mass is 32.2. The summed E-state index contributed by atoms with van der Waals surface area (Å²) in [5, 5.41) is 0. The molecule has 0 spiro atoms. The maximum Gasteiger partial charge on any atom is 0.203 e. The predicted octanol–water partition coefficient (Wildman–Crippen LogP) is 3.65. The van der Waals surface area contributed by atoms with E-state index in [0.29, 0.717) is 5.69 Å². The van der Waals surface area contributed by atoms with Gasteiger partial charge in [0.15, 0.2) is 5.58 Å². The minimum atomic E-state index is 0.230. The van der Waals surface area contributed by atoms with Gasteiger partial charge in [0.25, 0.3) is 0 Å². The average Bonchev–Trinajstić information content (AvgIpc) is 3.02.